The fourth-order valence-corrected chi connectivity index (χ4v) is 1.99. The van der Waals surface area contributed by atoms with E-state index in [9.17, 15) is 9.90 Å². The van der Waals surface area contributed by atoms with Gasteiger partial charge in [-0.3, -0.25) is 4.79 Å². The lowest BCUT2D eigenvalue weighted by Crippen LogP contribution is -2.30. The Bertz CT molecular complexity index is 616. The molecule has 0 fully saturated rings. The van der Waals surface area contributed by atoms with Gasteiger partial charge >= 0.3 is 0 Å². The summed E-state index contributed by atoms with van der Waals surface area (Å²) in [4.78, 5) is 12.0. The highest BCUT2D eigenvalue weighted by atomic mass is 79.9. The Kier molecular flexibility index (Phi) is 4.63. The lowest BCUT2D eigenvalue weighted by atomic mass is 10.2. The number of halogens is 1. The number of ether oxygens (including phenoxy) is 1. The summed E-state index contributed by atoms with van der Waals surface area (Å²) in [7, 11) is 0. The normalized spacial score (nSPS) is 11.7. The van der Waals surface area contributed by atoms with Crippen molar-refractivity contribution in [1.29, 1.82) is 0 Å². The number of nitrogens with one attached hydrogen (secondary N) is 1. The van der Waals surface area contributed by atoms with Crippen LogP contribution in [-0.4, -0.2) is 17.1 Å². The molecule has 0 aromatic heterocycles. The molecule has 0 aliphatic heterocycles. The molecular weight excluding hydrogens is 322 g/mol. The molecule has 0 radical (unpaired) electrons. The van der Waals surface area contributed by atoms with Crippen LogP contribution in [0.2, 0.25) is 0 Å². The molecule has 0 saturated carbocycles. The molecule has 5 heteroatoms. The molecule has 0 heterocycles. The monoisotopic (exact) mass is 335 g/mol. The van der Waals surface area contributed by atoms with Crippen LogP contribution in [-0.2, 0) is 4.79 Å². The summed E-state index contributed by atoms with van der Waals surface area (Å²) in [6.07, 6.45) is -0.656. The third kappa shape index (κ3) is 3.74. The third-order valence-corrected chi connectivity index (χ3v) is 3.28. The van der Waals surface area contributed by atoms with Gasteiger partial charge in [0.1, 0.15) is 11.5 Å². The third-order valence-electron chi connectivity index (χ3n) is 2.62. The van der Waals surface area contributed by atoms with Crippen molar-refractivity contribution in [3.8, 4) is 11.5 Å². The summed E-state index contributed by atoms with van der Waals surface area (Å²) in [5.41, 5.74) is 0.526. The summed E-state index contributed by atoms with van der Waals surface area (Å²) >= 11 is 3.36. The van der Waals surface area contributed by atoms with Gasteiger partial charge in [0, 0.05) is 11.8 Å². The summed E-state index contributed by atoms with van der Waals surface area (Å²) < 4.78 is 6.38. The van der Waals surface area contributed by atoms with Crippen LogP contribution in [0.25, 0.3) is 0 Å². The highest BCUT2D eigenvalue weighted by molar-refractivity contribution is 9.10. The number of phenolic OH excluding ortho intramolecular Hbond substituents is 1. The zero-order valence-corrected chi connectivity index (χ0v) is 12.4. The lowest BCUT2D eigenvalue weighted by Gasteiger charge is -2.15. The molecule has 0 aliphatic rings. The van der Waals surface area contributed by atoms with E-state index in [2.05, 4.69) is 21.2 Å². The Morgan fingerprint density at radius 1 is 1.25 bits per heavy atom. The number of hydrogen-bond acceptors (Lipinski definition) is 3. The number of para-hydroxylation sites is 1. The topological polar surface area (TPSA) is 58.6 Å². The number of phenols is 1. The van der Waals surface area contributed by atoms with Crippen molar-refractivity contribution in [2.24, 2.45) is 0 Å². The van der Waals surface area contributed by atoms with Crippen LogP contribution in [0, 0.1) is 0 Å². The number of hydrogen-bond donors (Lipinski definition) is 2. The van der Waals surface area contributed by atoms with Crippen LogP contribution in [0.4, 0.5) is 5.69 Å². The lowest BCUT2D eigenvalue weighted by molar-refractivity contribution is -0.122. The van der Waals surface area contributed by atoms with Crippen molar-refractivity contribution >= 4 is 27.5 Å². The number of carbonyl (C=O) groups excluding carboxylic acids is 1. The standard InChI is InChI=1S/C15H14BrNO3/c1-10(20-14-8-3-2-7-13(14)16)15(19)17-11-5-4-6-12(18)9-11/h2-10,18H,1H3,(H,17,19)/t10-/m1/s1. The van der Waals surface area contributed by atoms with E-state index in [1.807, 2.05) is 18.2 Å². The number of rotatable bonds is 4. The fourth-order valence-electron chi connectivity index (χ4n) is 1.61. The van der Waals surface area contributed by atoms with E-state index in [-0.39, 0.29) is 11.7 Å². The van der Waals surface area contributed by atoms with E-state index < -0.39 is 6.10 Å². The van der Waals surface area contributed by atoms with Gasteiger partial charge in [0.2, 0.25) is 0 Å². The second kappa shape index (κ2) is 6.43. The Hall–Kier alpha value is -2.01. The van der Waals surface area contributed by atoms with Crippen molar-refractivity contribution in [2.45, 2.75) is 13.0 Å². The maximum atomic E-state index is 12.0. The van der Waals surface area contributed by atoms with Crippen LogP contribution in [0.1, 0.15) is 6.92 Å². The van der Waals surface area contributed by atoms with Gasteiger partial charge in [-0.25, -0.2) is 0 Å². The molecule has 2 aromatic carbocycles. The van der Waals surface area contributed by atoms with Crippen LogP contribution < -0.4 is 10.1 Å². The first-order valence-corrected chi connectivity index (χ1v) is 6.86. The van der Waals surface area contributed by atoms with Gasteiger partial charge in [-0.05, 0) is 47.1 Å². The van der Waals surface area contributed by atoms with Crippen LogP contribution in [0.3, 0.4) is 0 Å². The Morgan fingerprint density at radius 3 is 2.70 bits per heavy atom. The maximum Gasteiger partial charge on any atom is 0.265 e. The van der Waals surface area contributed by atoms with E-state index in [1.165, 1.54) is 12.1 Å². The number of anilines is 1. The summed E-state index contributed by atoms with van der Waals surface area (Å²) in [5.74, 6) is 0.416. The summed E-state index contributed by atoms with van der Waals surface area (Å²) in [5, 5.41) is 12.0. The van der Waals surface area contributed by atoms with E-state index in [0.29, 0.717) is 11.4 Å². The Morgan fingerprint density at radius 2 is 2.00 bits per heavy atom. The zero-order chi connectivity index (χ0) is 14.5. The van der Waals surface area contributed by atoms with Crippen molar-refractivity contribution in [3.63, 3.8) is 0 Å². The highest BCUT2D eigenvalue weighted by Gasteiger charge is 2.16. The smallest absolute Gasteiger partial charge is 0.265 e. The quantitative estimate of drug-likeness (QED) is 0.898. The van der Waals surface area contributed by atoms with E-state index in [4.69, 9.17) is 4.74 Å². The van der Waals surface area contributed by atoms with Crippen molar-refractivity contribution in [3.05, 3.63) is 53.0 Å². The van der Waals surface area contributed by atoms with Crippen LogP contribution in [0.5, 0.6) is 11.5 Å². The molecule has 4 nitrogen and oxygen atoms in total. The largest absolute Gasteiger partial charge is 0.508 e. The second-order valence-electron chi connectivity index (χ2n) is 4.23. The molecule has 0 bridgehead atoms. The molecule has 20 heavy (non-hydrogen) atoms. The highest BCUT2D eigenvalue weighted by Crippen LogP contribution is 2.25. The minimum Gasteiger partial charge on any atom is -0.508 e. The molecule has 0 aliphatic carbocycles. The number of amides is 1. The molecule has 1 atom stereocenters. The predicted octanol–water partition coefficient (Wildman–Crippen LogP) is 3.56. The van der Waals surface area contributed by atoms with E-state index >= 15 is 0 Å². The average molecular weight is 336 g/mol. The fraction of sp³-hybridized carbons (Fsp3) is 0.133. The molecule has 0 spiro atoms. The van der Waals surface area contributed by atoms with Crippen molar-refractivity contribution in [2.75, 3.05) is 5.32 Å². The molecule has 2 N–H and O–H groups in total. The Labute approximate surface area is 125 Å². The van der Waals surface area contributed by atoms with Gasteiger partial charge in [0.05, 0.1) is 4.47 Å². The molecule has 0 saturated heterocycles. The van der Waals surface area contributed by atoms with Gasteiger partial charge in [-0.1, -0.05) is 18.2 Å². The summed E-state index contributed by atoms with van der Waals surface area (Å²) in [6.45, 7) is 1.66. The molecule has 2 aromatic rings. The van der Waals surface area contributed by atoms with Gasteiger partial charge in [-0.15, -0.1) is 0 Å². The Balaban J connectivity index is 2.01. The number of benzene rings is 2. The molecule has 0 unspecified atom stereocenters. The van der Waals surface area contributed by atoms with Crippen LogP contribution in [0.15, 0.2) is 53.0 Å². The van der Waals surface area contributed by atoms with Gasteiger partial charge in [0.15, 0.2) is 6.10 Å². The number of carbonyl (C=O) groups is 1. The average Bonchev–Trinajstić information content (AvgIpc) is 2.41. The summed E-state index contributed by atoms with van der Waals surface area (Å²) in [6, 6.07) is 13.7. The maximum absolute atomic E-state index is 12.0. The molecule has 104 valence electrons. The van der Waals surface area contributed by atoms with Crippen LogP contribution >= 0.6 is 15.9 Å². The molecule has 1 amide bonds. The first-order valence-electron chi connectivity index (χ1n) is 6.07. The van der Waals surface area contributed by atoms with Gasteiger partial charge in [-0.2, -0.15) is 0 Å². The minimum absolute atomic E-state index is 0.0992. The first-order chi connectivity index (χ1) is 9.56. The van der Waals surface area contributed by atoms with Gasteiger partial charge in [0.25, 0.3) is 5.91 Å². The molecular formula is C15H14BrNO3. The van der Waals surface area contributed by atoms with Crippen molar-refractivity contribution < 1.29 is 14.6 Å². The first kappa shape index (κ1) is 14.4. The number of aromatic hydroxyl groups is 1. The van der Waals surface area contributed by atoms with Crippen molar-refractivity contribution in [1.82, 2.24) is 0 Å². The minimum atomic E-state index is -0.656. The molecule has 2 rings (SSSR count). The predicted molar refractivity (Wildman–Crippen MR) is 81.0 cm³/mol. The van der Waals surface area contributed by atoms with E-state index in [1.54, 1.807) is 25.1 Å². The van der Waals surface area contributed by atoms with Gasteiger partial charge < -0.3 is 15.2 Å². The second-order valence-corrected chi connectivity index (χ2v) is 5.08. The van der Waals surface area contributed by atoms with E-state index in [0.717, 1.165) is 4.47 Å². The SMILES string of the molecule is C[C@@H](Oc1ccccc1Br)C(=O)Nc1cccc(O)c1. The zero-order valence-electron chi connectivity index (χ0n) is 10.8.